The Kier molecular flexibility index (Phi) is 5.56. The van der Waals surface area contributed by atoms with Crippen molar-refractivity contribution in [3.05, 3.63) is 69.7 Å². The highest BCUT2D eigenvalue weighted by molar-refractivity contribution is 7.91. The summed E-state index contributed by atoms with van der Waals surface area (Å²) < 4.78 is 16.5. The molecule has 0 N–H and O–H groups in total. The summed E-state index contributed by atoms with van der Waals surface area (Å²) in [5.74, 6) is 0. The molecule has 22 heavy (non-hydrogen) atoms. The lowest BCUT2D eigenvalue weighted by Gasteiger charge is -2.19. The Balaban J connectivity index is 2.51. The first-order valence-corrected chi connectivity index (χ1v) is 8.66. The molecule has 0 aromatic heterocycles. The Morgan fingerprint density at radius 2 is 1.23 bits per heavy atom. The first-order valence-electron chi connectivity index (χ1n) is 6.80. The highest BCUT2D eigenvalue weighted by Crippen LogP contribution is 2.22. The van der Waals surface area contributed by atoms with Crippen LogP contribution in [0.3, 0.4) is 0 Å². The molecule has 0 radical (unpaired) electrons. The van der Waals surface area contributed by atoms with Crippen molar-refractivity contribution in [2.75, 3.05) is 0 Å². The molecule has 2 aromatic rings. The number of hydrogen-bond acceptors (Lipinski definition) is 2. The van der Waals surface area contributed by atoms with Gasteiger partial charge in [0.05, 0.1) is 0 Å². The number of nitrogens with zero attached hydrogens (tertiary/aromatic N) is 1. The smallest absolute Gasteiger partial charge is 0.144 e. The van der Waals surface area contributed by atoms with Gasteiger partial charge in [0.2, 0.25) is 0 Å². The van der Waals surface area contributed by atoms with Gasteiger partial charge in [-0.05, 0) is 45.0 Å². The van der Waals surface area contributed by atoms with Gasteiger partial charge in [-0.3, -0.25) is 0 Å². The van der Waals surface area contributed by atoms with E-state index in [0.717, 1.165) is 11.1 Å². The van der Waals surface area contributed by atoms with E-state index < -0.39 is 16.1 Å². The predicted molar refractivity (Wildman–Crippen MR) is 96.4 cm³/mol. The van der Waals surface area contributed by atoms with Gasteiger partial charge in [0.15, 0.2) is 0 Å². The van der Waals surface area contributed by atoms with Crippen molar-refractivity contribution in [2.24, 2.45) is 4.40 Å². The van der Waals surface area contributed by atoms with Crippen LogP contribution in [0.15, 0.2) is 52.9 Å². The zero-order valence-electron chi connectivity index (χ0n) is 12.6. The standard InChI is InChI=1S/C17H17Cl2NOS/c1-17(2,3)22(21)20-16(12-4-8-14(18)9-5-12)13-6-10-15(19)11-7-13/h4-11H,1-3H3. The minimum Gasteiger partial charge on any atom is -0.591 e. The van der Waals surface area contributed by atoms with Gasteiger partial charge in [-0.2, -0.15) is 0 Å². The van der Waals surface area contributed by atoms with Crippen molar-refractivity contribution in [1.29, 1.82) is 0 Å². The average Bonchev–Trinajstić information content (AvgIpc) is 2.46. The molecule has 0 aliphatic heterocycles. The van der Waals surface area contributed by atoms with Gasteiger partial charge in [0.1, 0.15) is 21.8 Å². The molecule has 0 aliphatic carbocycles. The molecular formula is C17H17Cl2NOS. The monoisotopic (exact) mass is 353 g/mol. The second-order valence-corrected chi connectivity index (χ2v) is 8.59. The Bertz CT molecular complexity index is 613. The maximum Gasteiger partial charge on any atom is 0.144 e. The summed E-state index contributed by atoms with van der Waals surface area (Å²) in [6.45, 7) is 5.69. The molecule has 1 atom stereocenters. The maximum absolute atomic E-state index is 12.4. The van der Waals surface area contributed by atoms with Crippen LogP contribution < -0.4 is 0 Å². The van der Waals surface area contributed by atoms with Crippen LogP contribution in [0.2, 0.25) is 10.0 Å². The molecule has 0 saturated carbocycles. The van der Waals surface area contributed by atoms with Gasteiger partial charge < -0.3 is 4.55 Å². The maximum atomic E-state index is 12.4. The summed E-state index contributed by atoms with van der Waals surface area (Å²) in [5.41, 5.74) is 2.40. The molecule has 2 nitrogen and oxygen atoms in total. The van der Waals surface area contributed by atoms with Crippen molar-refractivity contribution >= 4 is 40.3 Å². The third kappa shape index (κ3) is 4.50. The second kappa shape index (κ2) is 7.05. The molecule has 0 bridgehead atoms. The van der Waals surface area contributed by atoms with Gasteiger partial charge in [0, 0.05) is 21.2 Å². The van der Waals surface area contributed by atoms with E-state index in [9.17, 15) is 4.55 Å². The minimum atomic E-state index is -1.36. The Morgan fingerprint density at radius 3 is 1.55 bits per heavy atom. The van der Waals surface area contributed by atoms with E-state index in [1.165, 1.54) is 0 Å². The molecular weight excluding hydrogens is 337 g/mol. The van der Waals surface area contributed by atoms with Gasteiger partial charge in [-0.1, -0.05) is 51.9 Å². The number of rotatable bonds is 3. The molecule has 0 saturated heterocycles. The Hall–Kier alpha value is -1.00. The molecule has 1 unspecified atom stereocenters. The summed E-state index contributed by atoms with van der Waals surface area (Å²) >= 11 is 10.5. The third-order valence-electron chi connectivity index (χ3n) is 2.93. The van der Waals surface area contributed by atoms with Gasteiger partial charge in [0.25, 0.3) is 0 Å². The summed E-state index contributed by atoms with van der Waals surface area (Å²) in [7, 11) is 0. The van der Waals surface area contributed by atoms with Crippen LogP contribution in [0.1, 0.15) is 31.9 Å². The highest BCUT2D eigenvalue weighted by atomic mass is 35.5. The normalized spacial score (nSPS) is 12.8. The van der Waals surface area contributed by atoms with E-state index >= 15 is 0 Å². The molecule has 0 aliphatic rings. The summed E-state index contributed by atoms with van der Waals surface area (Å²) in [4.78, 5) is 0. The zero-order valence-corrected chi connectivity index (χ0v) is 15.0. The summed E-state index contributed by atoms with van der Waals surface area (Å²) in [5, 5.41) is 1.30. The predicted octanol–water partition coefficient (Wildman–Crippen LogP) is 5.29. The van der Waals surface area contributed by atoms with Crippen LogP contribution >= 0.6 is 23.2 Å². The first-order chi connectivity index (χ1) is 10.3. The SMILES string of the molecule is CC(C)(C)[S+]([O-])N=C(c1ccc(Cl)cc1)c1ccc(Cl)cc1. The summed E-state index contributed by atoms with van der Waals surface area (Å²) in [6.07, 6.45) is 0. The van der Waals surface area contributed by atoms with Crippen molar-refractivity contribution in [3.63, 3.8) is 0 Å². The lowest BCUT2D eigenvalue weighted by atomic mass is 10.0. The fraction of sp³-hybridized carbons (Fsp3) is 0.235. The van der Waals surface area contributed by atoms with Crippen LogP contribution in [-0.4, -0.2) is 15.0 Å². The van der Waals surface area contributed by atoms with Crippen molar-refractivity contribution in [1.82, 2.24) is 0 Å². The van der Waals surface area contributed by atoms with Crippen LogP contribution in [0, 0.1) is 0 Å². The van der Waals surface area contributed by atoms with E-state index in [0.29, 0.717) is 15.8 Å². The van der Waals surface area contributed by atoms with Crippen LogP contribution in [0.4, 0.5) is 0 Å². The first kappa shape index (κ1) is 17.4. The van der Waals surface area contributed by atoms with E-state index in [1.54, 1.807) is 24.3 Å². The molecule has 2 aromatic carbocycles. The number of halogens is 2. The summed E-state index contributed by atoms with van der Waals surface area (Å²) in [6, 6.07) is 14.7. The lowest BCUT2D eigenvalue weighted by molar-refractivity contribution is 0.561. The van der Waals surface area contributed by atoms with Crippen LogP contribution in [0.25, 0.3) is 0 Å². The van der Waals surface area contributed by atoms with E-state index in [-0.39, 0.29) is 0 Å². The number of hydrogen-bond donors (Lipinski definition) is 0. The van der Waals surface area contributed by atoms with Crippen molar-refractivity contribution in [2.45, 2.75) is 25.5 Å². The molecule has 116 valence electrons. The quantitative estimate of drug-likeness (QED) is 0.545. The van der Waals surface area contributed by atoms with Crippen LogP contribution in [-0.2, 0) is 11.4 Å². The molecule has 0 heterocycles. The van der Waals surface area contributed by atoms with Gasteiger partial charge >= 0.3 is 0 Å². The van der Waals surface area contributed by atoms with E-state index in [4.69, 9.17) is 23.2 Å². The Labute approximate surface area is 144 Å². The largest absolute Gasteiger partial charge is 0.591 e. The van der Waals surface area contributed by atoms with E-state index in [2.05, 4.69) is 4.40 Å². The third-order valence-corrected chi connectivity index (χ3v) is 4.83. The lowest BCUT2D eigenvalue weighted by Crippen LogP contribution is -2.27. The number of benzene rings is 2. The molecule has 2 rings (SSSR count). The highest BCUT2D eigenvalue weighted by Gasteiger charge is 2.27. The molecule has 0 fully saturated rings. The van der Waals surface area contributed by atoms with Gasteiger partial charge in [-0.15, -0.1) is 0 Å². The molecule has 0 spiro atoms. The average molecular weight is 354 g/mol. The molecule has 0 amide bonds. The van der Waals surface area contributed by atoms with Crippen molar-refractivity contribution in [3.8, 4) is 0 Å². The fourth-order valence-electron chi connectivity index (χ4n) is 1.71. The van der Waals surface area contributed by atoms with Gasteiger partial charge in [-0.25, -0.2) is 0 Å². The topological polar surface area (TPSA) is 35.4 Å². The minimum absolute atomic E-state index is 0.426. The Morgan fingerprint density at radius 1 is 0.864 bits per heavy atom. The fourth-order valence-corrected chi connectivity index (χ4v) is 2.61. The second-order valence-electron chi connectivity index (χ2n) is 5.82. The zero-order chi connectivity index (χ0) is 16.3. The molecule has 5 heteroatoms. The van der Waals surface area contributed by atoms with E-state index in [1.807, 2.05) is 45.0 Å². The van der Waals surface area contributed by atoms with Crippen LogP contribution in [0.5, 0.6) is 0 Å². The van der Waals surface area contributed by atoms with Crippen molar-refractivity contribution < 1.29 is 4.55 Å².